The van der Waals surface area contributed by atoms with Gasteiger partial charge in [0.2, 0.25) is 5.91 Å². The number of rotatable bonds is 2. The number of terminal acetylenes is 1. The van der Waals surface area contributed by atoms with Crippen molar-refractivity contribution in [2.24, 2.45) is 0 Å². The van der Waals surface area contributed by atoms with Gasteiger partial charge in [0, 0.05) is 18.0 Å². The third-order valence-electron chi connectivity index (χ3n) is 4.72. The summed E-state index contributed by atoms with van der Waals surface area (Å²) in [6, 6.07) is 22.7. The molecule has 1 heterocycles. The molecule has 0 aromatic heterocycles. The Kier molecular flexibility index (Phi) is 3.55. The second-order valence-corrected chi connectivity index (χ2v) is 6.07. The maximum atomic E-state index is 12.7. The van der Waals surface area contributed by atoms with Crippen molar-refractivity contribution in [2.75, 3.05) is 11.4 Å². The van der Waals surface area contributed by atoms with Crippen LogP contribution < -0.4 is 4.90 Å². The van der Waals surface area contributed by atoms with Crippen LogP contribution in [0.3, 0.4) is 0 Å². The van der Waals surface area contributed by atoms with Crippen LogP contribution in [0, 0.1) is 12.3 Å². The van der Waals surface area contributed by atoms with Crippen molar-refractivity contribution in [3.8, 4) is 12.3 Å². The van der Waals surface area contributed by atoms with Gasteiger partial charge < -0.3 is 4.90 Å². The maximum absolute atomic E-state index is 12.7. The van der Waals surface area contributed by atoms with Gasteiger partial charge in [0.25, 0.3) is 0 Å². The number of fused-ring (bicyclic) bond motifs is 3. The summed E-state index contributed by atoms with van der Waals surface area (Å²) in [6.07, 6.45) is 5.94. The van der Waals surface area contributed by atoms with E-state index in [4.69, 9.17) is 6.42 Å². The van der Waals surface area contributed by atoms with Crippen molar-refractivity contribution in [3.63, 3.8) is 0 Å². The zero-order valence-electron chi connectivity index (χ0n) is 13.3. The molecular formula is C22H17NO. The van der Waals surface area contributed by atoms with E-state index in [1.165, 1.54) is 21.9 Å². The van der Waals surface area contributed by atoms with Crippen molar-refractivity contribution < 1.29 is 4.79 Å². The zero-order chi connectivity index (χ0) is 16.5. The Labute approximate surface area is 141 Å². The van der Waals surface area contributed by atoms with E-state index in [-0.39, 0.29) is 11.8 Å². The van der Waals surface area contributed by atoms with Gasteiger partial charge in [-0.1, -0.05) is 66.6 Å². The standard InChI is InChI=1S/C22H17NO/c1-2-14-23-20-13-12-17-10-6-7-11-18(17)22(20)19(15-21(23)24)16-8-4-3-5-9-16/h1,3-13,19H,14-15H2. The number of hydrogen-bond donors (Lipinski definition) is 0. The molecule has 1 aliphatic rings. The Morgan fingerprint density at radius 1 is 1.00 bits per heavy atom. The maximum Gasteiger partial charge on any atom is 0.228 e. The van der Waals surface area contributed by atoms with Crippen LogP contribution >= 0.6 is 0 Å². The molecule has 0 bridgehead atoms. The molecule has 0 saturated carbocycles. The Hall–Kier alpha value is -3.05. The summed E-state index contributed by atoms with van der Waals surface area (Å²) in [5, 5.41) is 2.38. The lowest BCUT2D eigenvalue weighted by molar-refractivity contribution is -0.119. The van der Waals surface area contributed by atoms with Crippen LogP contribution in [-0.2, 0) is 4.79 Å². The number of carbonyl (C=O) groups excluding carboxylic acids is 1. The number of nitrogens with zero attached hydrogens (tertiary/aromatic N) is 1. The molecule has 2 nitrogen and oxygen atoms in total. The molecule has 0 radical (unpaired) electrons. The molecule has 2 heteroatoms. The Bertz CT molecular complexity index is 953. The highest BCUT2D eigenvalue weighted by atomic mass is 16.2. The van der Waals surface area contributed by atoms with E-state index in [0.29, 0.717) is 13.0 Å². The zero-order valence-corrected chi connectivity index (χ0v) is 13.3. The summed E-state index contributed by atoms with van der Waals surface area (Å²) in [5.74, 6) is 2.77. The highest BCUT2D eigenvalue weighted by Gasteiger charge is 2.33. The first-order valence-electron chi connectivity index (χ1n) is 8.10. The fourth-order valence-corrected chi connectivity index (χ4v) is 3.64. The number of carbonyl (C=O) groups is 1. The minimum atomic E-state index is 0.0637. The highest BCUT2D eigenvalue weighted by Crippen LogP contribution is 2.43. The van der Waals surface area contributed by atoms with Gasteiger partial charge in [-0.2, -0.15) is 0 Å². The van der Waals surface area contributed by atoms with E-state index in [0.717, 1.165) is 5.69 Å². The van der Waals surface area contributed by atoms with Crippen LogP contribution in [0.5, 0.6) is 0 Å². The summed E-state index contributed by atoms with van der Waals surface area (Å²) in [6.45, 7) is 0.311. The molecule has 0 spiro atoms. The van der Waals surface area contributed by atoms with Crippen molar-refractivity contribution in [3.05, 3.63) is 77.9 Å². The van der Waals surface area contributed by atoms with Crippen molar-refractivity contribution >= 4 is 22.4 Å². The first-order chi connectivity index (χ1) is 11.8. The minimum absolute atomic E-state index is 0.0637. The van der Waals surface area contributed by atoms with Crippen molar-refractivity contribution in [2.45, 2.75) is 12.3 Å². The molecule has 0 saturated heterocycles. The van der Waals surface area contributed by atoms with Gasteiger partial charge in [0.05, 0.1) is 6.54 Å². The largest absolute Gasteiger partial charge is 0.300 e. The number of benzene rings is 3. The quantitative estimate of drug-likeness (QED) is 0.645. The molecule has 3 aromatic rings. The summed E-state index contributed by atoms with van der Waals surface area (Å²) in [7, 11) is 0. The molecule has 1 amide bonds. The smallest absolute Gasteiger partial charge is 0.228 e. The first-order valence-corrected chi connectivity index (χ1v) is 8.10. The molecule has 0 fully saturated rings. The van der Waals surface area contributed by atoms with Crippen LogP contribution in [0.25, 0.3) is 10.8 Å². The molecule has 1 aliphatic heterocycles. The van der Waals surface area contributed by atoms with E-state index >= 15 is 0 Å². The number of hydrogen-bond acceptors (Lipinski definition) is 1. The SMILES string of the molecule is C#CCN1C(=O)CC(c2ccccc2)c2c1ccc1ccccc21. The van der Waals surface area contributed by atoms with Gasteiger partial charge in [0.1, 0.15) is 0 Å². The predicted octanol–water partition coefficient (Wildman–Crippen LogP) is 4.34. The second-order valence-electron chi connectivity index (χ2n) is 6.07. The fourth-order valence-electron chi connectivity index (χ4n) is 3.64. The summed E-state index contributed by atoms with van der Waals surface area (Å²) in [5.41, 5.74) is 3.31. The fraction of sp³-hybridized carbons (Fsp3) is 0.136. The molecule has 3 aromatic carbocycles. The van der Waals surface area contributed by atoms with Crippen LogP contribution in [-0.4, -0.2) is 12.5 Å². The van der Waals surface area contributed by atoms with Crippen LogP contribution in [0.4, 0.5) is 5.69 Å². The van der Waals surface area contributed by atoms with E-state index in [1.54, 1.807) is 4.90 Å². The lowest BCUT2D eigenvalue weighted by atomic mass is 9.81. The average molecular weight is 311 g/mol. The summed E-state index contributed by atoms with van der Waals surface area (Å²) in [4.78, 5) is 14.4. The molecular weight excluding hydrogens is 294 g/mol. The van der Waals surface area contributed by atoms with Crippen LogP contribution in [0.2, 0.25) is 0 Å². The third kappa shape index (κ3) is 2.26. The molecule has 1 atom stereocenters. The van der Waals surface area contributed by atoms with Gasteiger partial charge >= 0.3 is 0 Å². The van der Waals surface area contributed by atoms with E-state index in [9.17, 15) is 4.79 Å². The Morgan fingerprint density at radius 3 is 2.54 bits per heavy atom. The molecule has 4 rings (SSSR count). The number of amides is 1. The van der Waals surface area contributed by atoms with Gasteiger partial charge in [-0.05, 0) is 28.0 Å². The first kappa shape index (κ1) is 14.5. The predicted molar refractivity (Wildman–Crippen MR) is 98.0 cm³/mol. The minimum Gasteiger partial charge on any atom is -0.300 e. The van der Waals surface area contributed by atoms with Gasteiger partial charge in [-0.3, -0.25) is 4.79 Å². The van der Waals surface area contributed by atoms with Gasteiger partial charge in [-0.25, -0.2) is 0 Å². The van der Waals surface area contributed by atoms with E-state index < -0.39 is 0 Å². The van der Waals surface area contributed by atoms with Crippen LogP contribution in [0.1, 0.15) is 23.5 Å². The summed E-state index contributed by atoms with van der Waals surface area (Å²) >= 11 is 0. The van der Waals surface area contributed by atoms with E-state index in [1.807, 2.05) is 36.4 Å². The Morgan fingerprint density at radius 2 is 1.75 bits per heavy atom. The molecule has 116 valence electrons. The number of anilines is 1. The van der Waals surface area contributed by atoms with Gasteiger partial charge in [0.15, 0.2) is 0 Å². The average Bonchev–Trinajstić information content (AvgIpc) is 2.64. The second kappa shape index (κ2) is 5.86. The molecule has 0 N–H and O–H groups in total. The molecule has 0 aliphatic carbocycles. The highest BCUT2D eigenvalue weighted by molar-refractivity contribution is 6.03. The monoisotopic (exact) mass is 311 g/mol. The molecule has 24 heavy (non-hydrogen) atoms. The normalized spacial score (nSPS) is 16.7. The van der Waals surface area contributed by atoms with E-state index in [2.05, 4.69) is 36.3 Å². The van der Waals surface area contributed by atoms with Gasteiger partial charge in [-0.15, -0.1) is 6.42 Å². The summed E-state index contributed by atoms with van der Waals surface area (Å²) < 4.78 is 0. The lowest BCUT2D eigenvalue weighted by Gasteiger charge is -2.34. The van der Waals surface area contributed by atoms with Crippen LogP contribution in [0.15, 0.2) is 66.7 Å². The third-order valence-corrected chi connectivity index (χ3v) is 4.72. The van der Waals surface area contributed by atoms with Crippen molar-refractivity contribution in [1.82, 2.24) is 0 Å². The Balaban J connectivity index is 2.00. The van der Waals surface area contributed by atoms with Crippen molar-refractivity contribution in [1.29, 1.82) is 0 Å². The topological polar surface area (TPSA) is 20.3 Å². The lowest BCUT2D eigenvalue weighted by Crippen LogP contribution is -2.37. The molecule has 1 unspecified atom stereocenters.